The van der Waals surface area contributed by atoms with Gasteiger partial charge in [0.05, 0.1) is 6.04 Å². The van der Waals surface area contributed by atoms with Gasteiger partial charge in [0.1, 0.15) is 12.1 Å². The highest BCUT2D eigenvalue weighted by molar-refractivity contribution is 5.92. The van der Waals surface area contributed by atoms with Crippen molar-refractivity contribution in [3.8, 4) is 0 Å². The number of unbranched alkanes of at least 4 members (excludes halogenated alkanes) is 1. The van der Waals surface area contributed by atoms with Crippen molar-refractivity contribution in [2.45, 2.75) is 56.7 Å². The standard InChI is InChI=1S/C20H31N5O5/c21-11-5-4-8-15(20(29)30)24-19(28)16(12-13-6-2-1-3-7-13)25-18(27)14(22)9-10-17(23)26/h1-3,6-7,14-16H,4-5,8-12,21-22H2,(H2,23,26)(H,24,28)(H,25,27)(H,29,30)/t14-,15-,16-/m0/s1. The Kier molecular flexibility index (Phi) is 11.1. The largest absolute Gasteiger partial charge is 0.480 e. The number of benzene rings is 1. The maximum Gasteiger partial charge on any atom is 0.326 e. The first-order valence-electron chi connectivity index (χ1n) is 9.86. The Morgan fingerprint density at radius 1 is 0.933 bits per heavy atom. The third-order valence-corrected chi connectivity index (χ3v) is 4.52. The molecular weight excluding hydrogens is 390 g/mol. The van der Waals surface area contributed by atoms with Crippen molar-refractivity contribution in [2.24, 2.45) is 17.2 Å². The van der Waals surface area contributed by atoms with Crippen LogP contribution in [0.25, 0.3) is 0 Å². The predicted octanol–water partition coefficient (Wildman–Crippen LogP) is -0.995. The maximum atomic E-state index is 12.8. The zero-order valence-corrected chi connectivity index (χ0v) is 16.9. The molecule has 0 aromatic heterocycles. The summed E-state index contributed by atoms with van der Waals surface area (Å²) in [6.07, 6.45) is 1.53. The normalized spacial score (nSPS) is 13.7. The Morgan fingerprint density at radius 2 is 1.57 bits per heavy atom. The van der Waals surface area contributed by atoms with Crippen molar-refractivity contribution in [3.05, 3.63) is 35.9 Å². The topological polar surface area (TPSA) is 191 Å². The zero-order valence-electron chi connectivity index (χ0n) is 16.9. The Bertz CT molecular complexity index is 713. The van der Waals surface area contributed by atoms with Crippen molar-refractivity contribution in [2.75, 3.05) is 6.54 Å². The Morgan fingerprint density at radius 3 is 2.13 bits per heavy atom. The lowest BCUT2D eigenvalue weighted by Gasteiger charge is -2.23. The molecule has 0 aliphatic carbocycles. The lowest BCUT2D eigenvalue weighted by Crippen LogP contribution is -2.55. The van der Waals surface area contributed by atoms with E-state index in [2.05, 4.69) is 10.6 Å². The minimum Gasteiger partial charge on any atom is -0.480 e. The van der Waals surface area contributed by atoms with E-state index in [0.717, 1.165) is 5.56 Å². The summed E-state index contributed by atoms with van der Waals surface area (Å²) >= 11 is 0. The van der Waals surface area contributed by atoms with Crippen LogP contribution in [0, 0.1) is 0 Å². The molecule has 0 unspecified atom stereocenters. The first-order valence-corrected chi connectivity index (χ1v) is 9.86. The number of hydrogen-bond donors (Lipinski definition) is 6. The fourth-order valence-corrected chi connectivity index (χ4v) is 2.79. The van der Waals surface area contributed by atoms with Crippen LogP contribution in [-0.2, 0) is 25.6 Å². The van der Waals surface area contributed by atoms with Gasteiger partial charge in [-0.3, -0.25) is 14.4 Å². The van der Waals surface area contributed by atoms with Crippen LogP contribution < -0.4 is 27.8 Å². The van der Waals surface area contributed by atoms with E-state index in [4.69, 9.17) is 17.2 Å². The molecule has 3 amide bonds. The van der Waals surface area contributed by atoms with Crippen LogP contribution in [0.3, 0.4) is 0 Å². The molecule has 166 valence electrons. The van der Waals surface area contributed by atoms with Crippen LogP contribution in [0.1, 0.15) is 37.7 Å². The SMILES string of the molecule is NCCCC[C@H](NC(=O)[C@H](Cc1ccccc1)NC(=O)[C@@H](N)CCC(N)=O)C(=O)O. The molecule has 0 aliphatic rings. The Balaban J connectivity index is 2.87. The lowest BCUT2D eigenvalue weighted by molar-refractivity contribution is -0.142. The fraction of sp³-hybridized carbons (Fsp3) is 0.500. The van der Waals surface area contributed by atoms with Gasteiger partial charge in [0.25, 0.3) is 0 Å². The molecule has 0 aliphatic heterocycles. The Hall–Kier alpha value is -2.98. The zero-order chi connectivity index (χ0) is 22.5. The molecule has 0 fully saturated rings. The number of nitrogens with one attached hydrogen (secondary N) is 2. The van der Waals surface area contributed by atoms with E-state index in [1.165, 1.54) is 0 Å². The van der Waals surface area contributed by atoms with Crippen LogP contribution in [0.2, 0.25) is 0 Å². The van der Waals surface area contributed by atoms with Crippen LogP contribution in [0.4, 0.5) is 0 Å². The van der Waals surface area contributed by atoms with Crippen LogP contribution in [0.5, 0.6) is 0 Å². The van der Waals surface area contributed by atoms with Gasteiger partial charge < -0.3 is 32.9 Å². The molecule has 10 nitrogen and oxygen atoms in total. The molecule has 30 heavy (non-hydrogen) atoms. The van der Waals surface area contributed by atoms with E-state index < -0.39 is 41.8 Å². The molecule has 0 heterocycles. The molecule has 9 N–H and O–H groups in total. The van der Waals surface area contributed by atoms with Crippen molar-refractivity contribution in [1.82, 2.24) is 10.6 Å². The summed E-state index contributed by atoms with van der Waals surface area (Å²) in [6, 6.07) is 5.82. The summed E-state index contributed by atoms with van der Waals surface area (Å²) in [6.45, 7) is 0.427. The van der Waals surface area contributed by atoms with E-state index in [-0.39, 0.29) is 25.7 Å². The molecule has 0 saturated heterocycles. The summed E-state index contributed by atoms with van der Waals surface area (Å²) in [5.41, 5.74) is 17.1. The van der Waals surface area contributed by atoms with Crippen molar-refractivity contribution < 1.29 is 24.3 Å². The summed E-state index contributed by atoms with van der Waals surface area (Å²) in [7, 11) is 0. The number of primary amides is 1. The molecule has 1 aromatic carbocycles. The first-order chi connectivity index (χ1) is 14.2. The quantitative estimate of drug-likeness (QED) is 0.208. The van der Waals surface area contributed by atoms with Gasteiger partial charge in [-0.25, -0.2) is 4.79 Å². The number of carboxylic acid groups (broad SMARTS) is 1. The monoisotopic (exact) mass is 421 g/mol. The minimum absolute atomic E-state index is 0.0394. The first kappa shape index (κ1) is 25.1. The molecular formula is C20H31N5O5. The number of aliphatic carboxylic acids is 1. The average molecular weight is 421 g/mol. The summed E-state index contributed by atoms with van der Waals surface area (Å²) in [5, 5.41) is 14.4. The number of carbonyl (C=O) groups is 4. The number of amides is 3. The summed E-state index contributed by atoms with van der Waals surface area (Å²) in [4.78, 5) is 47.6. The number of hydrogen-bond acceptors (Lipinski definition) is 6. The number of carbonyl (C=O) groups excluding carboxylic acids is 3. The van der Waals surface area contributed by atoms with Gasteiger partial charge >= 0.3 is 5.97 Å². The van der Waals surface area contributed by atoms with Gasteiger partial charge in [-0.15, -0.1) is 0 Å². The number of nitrogens with two attached hydrogens (primary N) is 3. The van der Waals surface area contributed by atoms with Gasteiger partial charge in [-0.2, -0.15) is 0 Å². The van der Waals surface area contributed by atoms with E-state index in [1.54, 1.807) is 24.3 Å². The number of carboxylic acids is 1. The van der Waals surface area contributed by atoms with Gasteiger partial charge in [-0.1, -0.05) is 30.3 Å². The molecule has 1 aromatic rings. The second kappa shape index (κ2) is 13.3. The second-order valence-electron chi connectivity index (χ2n) is 7.05. The number of rotatable bonds is 14. The Labute approximate surface area is 175 Å². The van der Waals surface area contributed by atoms with Crippen LogP contribution in [0.15, 0.2) is 30.3 Å². The third kappa shape index (κ3) is 9.48. The molecule has 0 radical (unpaired) electrons. The van der Waals surface area contributed by atoms with Crippen molar-refractivity contribution >= 4 is 23.7 Å². The van der Waals surface area contributed by atoms with E-state index in [9.17, 15) is 24.3 Å². The van der Waals surface area contributed by atoms with Crippen molar-refractivity contribution in [1.29, 1.82) is 0 Å². The van der Waals surface area contributed by atoms with E-state index in [1.807, 2.05) is 6.07 Å². The summed E-state index contributed by atoms with van der Waals surface area (Å²) in [5.74, 6) is -3.00. The minimum atomic E-state index is -1.16. The lowest BCUT2D eigenvalue weighted by atomic mass is 10.0. The molecule has 0 spiro atoms. The van der Waals surface area contributed by atoms with Gasteiger partial charge in [0.2, 0.25) is 17.7 Å². The third-order valence-electron chi connectivity index (χ3n) is 4.52. The van der Waals surface area contributed by atoms with Gasteiger partial charge in [0.15, 0.2) is 0 Å². The molecule has 0 bridgehead atoms. The van der Waals surface area contributed by atoms with Crippen LogP contribution in [-0.4, -0.2) is 53.5 Å². The highest BCUT2D eigenvalue weighted by Crippen LogP contribution is 2.07. The van der Waals surface area contributed by atoms with E-state index >= 15 is 0 Å². The van der Waals surface area contributed by atoms with Crippen molar-refractivity contribution in [3.63, 3.8) is 0 Å². The summed E-state index contributed by atoms with van der Waals surface area (Å²) < 4.78 is 0. The predicted molar refractivity (Wildman–Crippen MR) is 111 cm³/mol. The smallest absolute Gasteiger partial charge is 0.326 e. The highest BCUT2D eigenvalue weighted by Gasteiger charge is 2.28. The van der Waals surface area contributed by atoms with Gasteiger partial charge in [0, 0.05) is 12.8 Å². The van der Waals surface area contributed by atoms with E-state index in [0.29, 0.717) is 19.4 Å². The van der Waals surface area contributed by atoms with Gasteiger partial charge in [-0.05, 0) is 37.8 Å². The highest BCUT2D eigenvalue weighted by atomic mass is 16.4. The second-order valence-corrected chi connectivity index (χ2v) is 7.05. The van der Waals surface area contributed by atoms with Crippen LogP contribution >= 0.6 is 0 Å². The molecule has 1 rings (SSSR count). The molecule has 10 heteroatoms. The molecule has 3 atom stereocenters. The molecule has 0 saturated carbocycles. The maximum absolute atomic E-state index is 12.8. The average Bonchev–Trinajstić information content (AvgIpc) is 2.71. The fourth-order valence-electron chi connectivity index (χ4n) is 2.79.